The van der Waals surface area contributed by atoms with Crippen LogP contribution in [0.25, 0.3) is 10.6 Å². The number of hydrogen-bond acceptors (Lipinski definition) is 6. The fourth-order valence-corrected chi connectivity index (χ4v) is 4.33. The van der Waals surface area contributed by atoms with Gasteiger partial charge >= 0.3 is 0 Å². The Hall–Kier alpha value is -2.28. The molecule has 3 heterocycles. The molecule has 2 aromatic heterocycles. The lowest BCUT2D eigenvalue weighted by molar-refractivity contribution is 0.192. The summed E-state index contributed by atoms with van der Waals surface area (Å²) in [6, 6.07) is 14.4. The molecule has 1 aliphatic heterocycles. The van der Waals surface area contributed by atoms with E-state index in [0.717, 1.165) is 54.7 Å². The van der Waals surface area contributed by atoms with Crippen LogP contribution in [0.5, 0.6) is 5.75 Å². The second-order valence-electron chi connectivity index (χ2n) is 6.64. The van der Waals surface area contributed by atoms with Crippen molar-refractivity contribution in [3.05, 3.63) is 65.4 Å². The van der Waals surface area contributed by atoms with Crippen molar-refractivity contribution in [2.45, 2.75) is 19.0 Å². The molecule has 3 aromatic rings. The summed E-state index contributed by atoms with van der Waals surface area (Å²) in [4.78, 5) is 12.0. The Labute approximate surface area is 164 Å². The highest BCUT2D eigenvalue weighted by molar-refractivity contribution is 7.13. The van der Waals surface area contributed by atoms with Crippen LogP contribution in [0.4, 0.5) is 0 Å². The predicted octanol–water partition coefficient (Wildman–Crippen LogP) is 3.75. The Bertz CT molecular complexity index is 867. The fraction of sp³-hybridized carbons (Fsp3) is 0.333. The molecule has 0 bridgehead atoms. The molecule has 140 valence electrons. The number of nitrogens with zero attached hydrogens (tertiary/aromatic N) is 3. The van der Waals surface area contributed by atoms with Gasteiger partial charge in [0.25, 0.3) is 0 Å². The fourth-order valence-electron chi connectivity index (χ4n) is 3.52. The van der Waals surface area contributed by atoms with Crippen molar-refractivity contribution < 1.29 is 4.74 Å². The molecule has 0 amide bonds. The summed E-state index contributed by atoms with van der Waals surface area (Å²) in [7, 11) is 1.71. The van der Waals surface area contributed by atoms with Crippen molar-refractivity contribution in [2.24, 2.45) is 0 Å². The minimum absolute atomic E-state index is 0.172. The smallest absolute Gasteiger partial charge is 0.142 e. The quantitative estimate of drug-likeness (QED) is 0.731. The van der Waals surface area contributed by atoms with Crippen molar-refractivity contribution in [3.63, 3.8) is 0 Å². The van der Waals surface area contributed by atoms with Gasteiger partial charge in [-0.15, -0.1) is 11.3 Å². The molecule has 0 aliphatic carbocycles. The zero-order valence-electron chi connectivity index (χ0n) is 15.5. The number of benzene rings is 1. The summed E-state index contributed by atoms with van der Waals surface area (Å²) in [6.07, 6.45) is 2.96. The first-order chi connectivity index (χ1) is 13.3. The first-order valence-electron chi connectivity index (χ1n) is 9.28. The summed E-state index contributed by atoms with van der Waals surface area (Å²) in [6.45, 7) is 3.71. The molecule has 0 spiro atoms. The molecule has 1 saturated heterocycles. The predicted molar refractivity (Wildman–Crippen MR) is 109 cm³/mol. The van der Waals surface area contributed by atoms with Crippen LogP contribution >= 0.6 is 11.3 Å². The standard InChI is InChI=1S/C21H24N4OS/c1-26-19-9-5-11-23-20(19)18-13-22-10-6-12-25(18)14-17-15-27-21(24-17)16-7-3-2-4-8-16/h2-5,7-9,11,15,18,22H,6,10,12-14H2,1H3. The number of pyridine rings is 1. The number of methoxy groups -OCH3 is 1. The topological polar surface area (TPSA) is 50.3 Å². The highest BCUT2D eigenvalue weighted by Gasteiger charge is 2.27. The van der Waals surface area contributed by atoms with Crippen molar-refractivity contribution in [2.75, 3.05) is 26.7 Å². The highest BCUT2D eigenvalue weighted by Crippen LogP contribution is 2.30. The normalized spacial score (nSPS) is 18.2. The van der Waals surface area contributed by atoms with Crippen LogP contribution in [0.3, 0.4) is 0 Å². The first kappa shape index (κ1) is 18.1. The minimum atomic E-state index is 0.172. The molecule has 1 aromatic carbocycles. The van der Waals surface area contributed by atoms with Gasteiger partial charge in [-0.25, -0.2) is 4.98 Å². The molecular weight excluding hydrogens is 356 g/mol. The first-order valence-corrected chi connectivity index (χ1v) is 10.2. The lowest BCUT2D eigenvalue weighted by atomic mass is 10.1. The second kappa shape index (κ2) is 8.61. The van der Waals surface area contributed by atoms with Crippen molar-refractivity contribution in [1.29, 1.82) is 0 Å². The Balaban J connectivity index is 1.58. The van der Waals surface area contributed by atoms with Crippen molar-refractivity contribution in [3.8, 4) is 16.3 Å². The second-order valence-corrected chi connectivity index (χ2v) is 7.50. The maximum Gasteiger partial charge on any atom is 0.142 e. The SMILES string of the molecule is COc1cccnc1C1CNCCCN1Cc1csc(-c2ccccc2)n1. The number of rotatable bonds is 5. The molecule has 1 N–H and O–H groups in total. The monoisotopic (exact) mass is 380 g/mol. The average Bonchev–Trinajstić information content (AvgIpc) is 3.07. The molecular formula is C21H24N4OS. The number of hydrogen-bond donors (Lipinski definition) is 1. The summed E-state index contributed by atoms with van der Waals surface area (Å²) >= 11 is 1.71. The van der Waals surface area contributed by atoms with Gasteiger partial charge in [0.2, 0.25) is 0 Å². The largest absolute Gasteiger partial charge is 0.495 e. The third-order valence-electron chi connectivity index (χ3n) is 4.85. The van der Waals surface area contributed by atoms with Crippen LogP contribution < -0.4 is 10.1 Å². The number of aromatic nitrogens is 2. The summed E-state index contributed by atoms with van der Waals surface area (Å²) < 4.78 is 5.57. The van der Waals surface area contributed by atoms with Crippen LogP contribution in [0.1, 0.15) is 23.9 Å². The van der Waals surface area contributed by atoms with E-state index in [0.29, 0.717) is 0 Å². The molecule has 0 radical (unpaired) electrons. The molecule has 0 saturated carbocycles. The molecule has 27 heavy (non-hydrogen) atoms. The van der Waals surface area contributed by atoms with Crippen LogP contribution in [-0.2, 0) is 6.54 Å². The maximum absolute atomic E-state index is 5.57. The number of nitrogens with one attached hydrogen (secondary N) is 1. The van der Waals surface area contributed by atoms with Crippen LogP contribution in [0, 0.1) is 0 Å². The average molecular weight is 381 g/mol. The summed E-state index contributed by atoms with van der Waals surface area (Å²) in [5.41, 5.74) is 3.28. The molecule has 5 nitrogen and oxygen atoms in total. The summed E-state index contributed by atoms with van der Waals surface area (Å²) in [5, 5.41) is 6.79. The van der Waals surface area contributed by atoms with Gasteiger partial charge in [-0.1, -0.05) is 30.3 Å². The van der Waals surface area contributed by atoms with Gasteiger partial charge in [0.05, 0.1) is 18.8 Å². The Morgan fingerprint density at radius 3 is 2.96 bits per heavy atom. The Morgan fingerprint density at radius 2 is 2.11 bits per heavy atom. The molecule has 1 unspecified atom stereocenters. The van der Waals surface area contributed by atoms with E-state index in [4.69, 9.17) is 9.72 Å². The van der Waals surface area contributed by atoms with Gasteiger partial charge in [-0.2, -0.15) is 0 Å². The Kier molecular flexibility index (Phi) is 5.77. The van der Waals surface area contributed by atoms with E-state index in [9.17, 15) is 0 Å². The van der Waals surface area contributed by atoms with Gasteiger partial charge < -0.3 is 10.1 Å². The lowest BCUT2D eigenvalue weighted by Gasteiger charge is -2.29. The zero-order chi connectivity index (χ0) is 18.5. The van der Waals surface area contributed by atoms with Crippen LogP contribution in [-0.4, -0.2) is 41.6 Å². The van der Waals surface area contributed by atoms with Gasteiger partial charge in [-0.3, -0.25) is 9.88 Å². The Morgan fingerprint density at radius 1 is 1.22 bits per heavy atom. The van der Waals surface area contributed by atoms with Gasteiger partial charge in [-0.05, 0) is 25.1 Å². The van der Waals surface area contributed by atoms with E-state index >= 15 is 0 Å². The molecule has 1 aliphatic rings. The van der Waals surface area contributed by atoms with Crippen LogP contribution in [0.2, 0.25) is 0 Å². The minimum Gasteiger partial charge on any atom is -0.495 e. The van der Waals surface area contributed by atoms with Crippen LogP contribution in [0.15, 0.2) is 54.0 Å². The maximum atomic E-state index is 5.57. The third kappa shape index (κ3) is 4.18. The van der Waals surface area contributed by atoms with Gasteiger partial charge in [0.15, 0.2) is 0 Å². The van der Waals surface area contributed by atoms with E-state index in [2.05, 4.69) is 44.8 Å². The number of ether oxygens (including phenoxy) is 1. The summed E-state index contributed by atoms with van der Waals surface area (Å²) in [5.74, 6) is 0.847. The van der Waals surface area contributed by atoms with Gasteiger partial charge in [0, 0.05) is 36.8 Å². The van der Waals surface area contributed by atoms with E-state index in [1.54, 1.807) is 18.4 Å². The van der Waals surface area contributed by atoms with Gasteiger partial charge in [0.1, 0.15) is 16.5 Å². The lowest BCUT2D eigenvalue weighted by Crippen LogP contribution is -2.33. The zero-order valence-corrected chi connectivity index (χ0v) is 16.3. The third-order valence-corrected chi connectivity index (χ3v) is 5.79. The number of thiazole rings is 1. The molecule has 1 fully saturated rings. The molecule has 4 rings (SSSR count). The van der Waals surface area contributed by atoms with E-state index in [1.807, 2.05) is 24.4 Å². The van der Waals surface area contributed by atoms with E-state index in [-0.39, 0.29) is 6.04 Å². The molecule has 1 atom stereocenters. The van der Waals surface area contributed by atoms with E-state index < -0.39 is 0 Å². The molecule has 6 heteroatoms. The highest BCUT2D eigenvalue weighted by atomic mass is 32.1. The van der Waals surface area contributed by atoms with Crippen molar-refractivity contribution in [1.82, 2.24) is 20.2 Å². The van der Waals surface area contributed by atoms with E-state index in [1.165, 1.54) is 5.56 Å². The van der Waals surface area contributed by atoms with Crippen molar-refractivity contribution >= 4 is 11.3 Å².